The molecule has 0 saturated heterocycles. The first-order valence-corrected chi connectivity index (χ1v) is 9.32. The van der Waals surface area contributed by atoms with E-state index >= 15 is 0 Å². The lowest BCUT2D eigenvalue weighted by atomic mass is 10.4. The van der Waals surface area contributed by atoms with Gasteiger partial charge in [0.25, 0.3) is 0 Å². The molecule has 0 atom stereocenters. The topological polar surface area (TPSA) is 49.4 Å². The summed E-state index contributed by atoms with van der Waals surface area (Å²) in [6, 6.07) is 1.70. The van der Waals surface area contributed by atoms with Crippen molar-refractivity contribution in [2.75, 3.05) is 13.6 Å². The van der Waals surface area contributed by atoms with E-state index in [2.05, 4.69) is 28.2 Å². The molecule has 0 unspecified atom stereocenters. The Bertz CT molecular complexity index is 512. The molecule has 0 aliphatic carbocycles. The van der Waals surface area contributed by atoms with Crippen LogP contribution < -0.4 is 5.32 Å². The van der Waals surface area contributed by atoms with Crippen LogP contribution in [0.3, 0.4) is 0 Å². The molecule has 1 aromatic rings. The number of nitrogens with one attached hydrogen (secondary N) is 1. The molecular weight excluding hydrogens is 348 g/mol. The van der Waals surface area contributed by atoms with E-state index in [-0.39, 0.29) is 6.04 Å². The van der Waals surface area contributed by atoms with Gasteiger partial charge in [-0.1, -0.05) is 6.92 Å². The van der Waals surface area contributed by atoms with Gasteiger partial charge >= 0.3 is 0 Å². The maximum Gasteiger partial charge on any atom is 0.245 e. The molecule has 1 aromatic heterocycles. The number of nitrogens with zero attached hydrogens (tertiary/aromatic N) is 1. The van der Waals surface area contributed by atoms with E-state index in [0.29, 0.717) is 15.2 Å². The summed E-state index contributed by atoms with van der Waals surface area (Å²) >= 11 is 4.83. The van der Waals surface area contributed by atoms with Gasteiger partial charge in [-0.15, -0.1) is 11.3 Å². The number of hydrogen-bond donors (Lipinski definition) is 1. The van der Waals surface area contributed by atoms with Gasteiger partial charge in [0, 0.05) is 24.5 Å². The Morgan fingerprint density at radius 3 is 2.63 bits per heavy atom. The Hall–Kier alpha value is 0.0500. The smallest absolute Gasteiger partial charge is 0.245 e. The van der Waals surface area contributed by atoms with E-state index < -0.39 is 10.0 Å². The van der Waals surface area contributed by atoms with Crippen molar-refractivity contribution in [2.45, 2.75) is 44.7 Å². The van der Waals surface area contributed by atoms with Crippen molar-refractivity contribution in [3.05, 3.63) is 14.7 Å². The zero-order valence-electron chi connectivity index (χ0n) is 11.7. The minimum atomic E-state index is -3.41. The molecule has 0 aromatic carbocycles. The van der Waals surface area contributed by atoms with Gasteiger partial charge in [0.1, 0.15) is 4.90 Å². The van der Waals surface area contributed by atoms with Crippen molar-refractivity contribution in [1.82, 2.24) is 9.62 Å². The SMILES string of the molecule is CCCNCc1cc(S(=O)(=O)N(C)C(C)C)c(Br)s1. The fourth-order valence-electron chi connectivity index (χ4n) is 1.48. The predicted octanol–water partition coefficient (Wildman–Crippen LogP) is 3.04. The van der Waals surface area contributed by atoms with Gasteiger partial charge < -0.3 is 5.32 Å². The quantitative estimate of drug-likeness (QED) is 0.752. The minimum Gasteiger partial charge on any atom is -0.312 e. The standard InChI is InChI=1S/C12H21BrN2O2S2/c1-5-6-14-8-10-7-11(12(13)18-10)19(16,17)15(4)9(2)3/h7,9,14H,5-6,8H2,1-4H3. The van der Waals surface area contributed by atoms with Gasteiger partial charge in [0.05, 0.1) is 3.79 Å². The highest BCUT2D eigenvalue weighted by molar-refractivity contribution is 9.11. The molecule has 4 nitrogen and oxygen atoms in total. The van der Waals surface area contributed by atoms with Crippen LogP contribution in [0.4, 0.5) is 0 Å². The monoisotopic (exact) mass is 368 g/mol. The van der Waals surface area contributed by atoms with Crippen LogP contribution in [0.25, 0.3) is 0 Å². The summed E-state index contributed by atoms with van der Waals surface area (Å²) in [5.74, 6) is 0. The molecule has 110 valence electrons. The Balaban J connectivity index is 2.95. The molecule has 19 heavy (non-hydrogen) atoms. The van der Waals surface area contributed by atoms with Crippen LogP contribution >= 0.6 is 27.3 Å². The number of sulfonamides is 1. The Labute approximate surface area is 128 Å². The van der Waals surface area contributed by atoms with Crippen molar-refractivity contribution in [3.63, 3.8) is 0 Å². The zero-order chi connectivity index (χ0) is 14.6. The van der Waals surface area contributed by atoms with Crippen LogP contribution in [0.15, 0.2) is 14.7 Å². The highest BCUT2D eigenvalue weighted by Gasteiger charge is 2.27. The molecule has 0 aliphatic heterocycles. The summed E-state index contributed by atoms with van der Waals surface area (Å²) in [4.78, 5) is 1.39. The summed E-state index contributed by atoms with van der Waals surface area (Å²) in [6.07, 6.45) is 1.06. The maximum absolute atomic E-state index is 12.4. The second kappa shape index (κ2) is 7.17. The number of halogens is 1. The molecule has 1 rings (SSSR count). The van der Waals surface area contributed by atoms with E-state index in [0.717, 1.165) is 17.8 Å². The van der Waals surface area contributed by atoms with E-state index in [1.807, 2.05) is 13.8 Å². The summed E-state index contributed by atoms with van der Waals surface area (Å²) in [7, 11) is -1.80. The largest absolute Gasteiger partial charge is 0.312 e. The third kappa shape index (κ3) is 4.26. The number of rotatable bonds is 7. The van der Waals surface area contributed by atoms with Gasteiger partial charge in [-0.05, 0) is 48.8 Å². The molecule has 0 amide bonds. The van der Waals surface area contributed by atoms with Crippen LogP contribution in [0.1, 0.15) is 32.1 Å². The third-order valence-electron chi connectivity index (χ3n) is 2.82. The van der Waals surface area contributed by atoms with E-state index in [9.17, 15) is 8.42 Å². The predicted molar refractivity (Wildman–Crippen MR) is 84.1 cm³/mol. The number of hydrogen-bond acceptors (Lipinski definition) is 4. The molecule has 1 N–H and O–H groups in total. The molecular formula is C12H21BrN2O2S2. The van der Waals surface area contributed by atoms with Crippen molar-refractivity contribution in [3.8, 4) is 0 Å². The molecule has 0 radical (unpaired) electrons. The first kappa shape index (κ1) is 17.1. The van der Waals surface area contributed by atoms with Crippen molar-refractivity contribution in [1.29, 1.82) is 0 Å². The highest BCUT2D eigenvalue weighted by atomic mass is 79.9. The van der Waals surface area contributed by atoms with E-state index in [1.54, 1.807) is 13.1 Å². The van der Waals surface area contributed by atoms with Gasteiger partial charge in [-0.3, -0.25) is 0 Å². The minimum absolute atomic E-state index is 0.0570. The molecule has 7 heteroatoms. The normalized spacial score (nSPS) is 12.6. The lowest BCUT2D eigenvalue weighted by Gasteiger charge is -2.20. The van der Waals surface area contributed by atoms with Crippen LogP contribution in [0.2, 0.25) is 0 Å². The average Bonchev–Trinajstić information content (AvgIpc) is 2.70. The number of thiophene rings is 1. The fourth-order valence-corrected chi connectivity index (χ4v) is 5.45. The maximum atomic E-state index is 12.4. The lowest BCUT2D eigenvalue weighted by molar-refractivity contribution is 0.410. The Morgan fingerprint density at radius 2 is 2.11 bits per heavy atom. The third-order valence-corrected chi connectivity index (χ3v) is 7.10. The summed E-state index contributed by atoms with van der Waals surface area (Å²) in [5, 5.41) is 3.28. The van der Waals surface area contributed by atoms with Crippen LogP contribution in [0, 0.1) is 0 Å². The van der Waals surface area contributed by atoms with Crippen molar-refractivity contribution < 1.29 is 8.42 Å². The van der Waals surface area contributed by atoms with Crippen molar-refractivity contribution in [2.24, 2.45) is 0 Å². The first-order valence-electron chi connectivity index (χ1n) is 6.27. The summed E-state index contributed by atoms with van der Waals surface area (Å²) in [5.41, 5.74) is 0. The van der Waals surface area contributed by atoms with Crippen molar-refractivity contribution >= 4 is 37.3 Å². The summed E-state index contributed by atoms with van der Waals surface area (Å²) in [6.45, 7) is 7.47. The molecule has 0 bridgehead atoms. The fraction of sp³-hybridized carbons (Fsp3) is 0.667. The van der Waals surface area contributed by atoms with Gasteiger partial charge in [-0.2, -0.15) is 4.31 Å². The van der Waals surface area contributed by atoms with Crippen LogP contribution in [0.5, 0.6) is 0 Å². The Kier molecular flexibility index (Phi) is 6.46. The van der Waals surface area contributed by atoms with Gasteiger partial charge in [0.2, 0.25) is 10.0 Å². The molecule has 0 spiro atoms. The molecule has 0 fully saturated rings. The second-order valence-electron chi connectivity index (χ2n) is 4.64. The summed E-state index contributed by atoms with van der Waals surface area (Å²) < 4.78 is 26.9. The zero-order valence-corrected chi connectivity index (χ0v) is 15.0. The van der Waals surface area contributed by atoms with Crippen LogP contribution in [-0.4, -0.2) is 32.4 Å². The van der Waals surface area contributed by atoms with Crippen LogP contribution in [-0.2, 0) is 16.6 Å². The molecule has 0 aliphatic rings. The lowest BCUT2D eigenvalue weighted by Crippen LogP contribution is -2.33. The molecule has 1 heterocycles. The van der Waals surface area contributed by atoms with Gasteiger partial charge in [0.15, 0.2) is 0 Å². The first-order chi connectivity index (χ1) is 8.80. The van der Waals surface area contributed by atoms with E-state index in [1.165, 1.54) is 15.6 Å². The van der Waals surface area contributed by atoms with E-state index in [4.69, 9.17) is 0 Å². The Morgan fingerprint density at radius 1 is 1.47 bits per heavy atom. The van der Waals surface area contributed by atoms with Gasteiger partial charge in [-0.25, -0.2) is 8.42 Å². The molecule has 0 saturated carbocycles. The second-order valence-corrected chi connectivity index (χ2v) is 9.06. The average molecular weight is 369 g/mol. The highest BCUT2D eigenvalue weighted by Crippen LogP contribution is 2.33.